The van der Waals surface area contributed by atoms with E-state index in [1.165, 1.54) is 19.1 Å². The Kier molecular flexibility index (Phi) is 7.38. The summed E-state index contributed by atoms with van der Waals surface area (Å²) in [4.78, 5) is 25.2. The molecular formula is C26H30FN3O4. The topological polar surface area (TPSA) is 73.7 Å². The van der Waals surface area contributed by atoms with Crippen molar-refractivity contribution in [3.05, 3.63) is 47.9 Å². The van der Waals surface area contributed by atoms with Crippen LogP contribution in [-0.2, 0) is 20.9 Å². The van der Waals surface area contributed by atoms with E-state index in [4.69, 9.17) is 14.6 Å². The quantitative estimate of drug-likeness (QED) is 0.431. The van der Waals surface area contributed by atoms with Crippen LogP contribution < -0.4 is 4.74 Å². The predicted molar refractivity (Wildman–Crippen MR) is 127 cm³/mol. The van der Waals surface area contributed by atoms with E-state index >= 15 is 0 Å². The minimum absolute atomic E-state index is 0.0879. The summed E-state index contributed by atoms with van der Waals surface area (Å²) in [5.41, 5.74) is 3.40. The molecule has 1 aliphatic heterocycles. The Bertz CT molecular complexity index is 1200. The molecule has 0 aliphatic carbocycles. The van der Waals surface area contributed by atoms with Crippen LogP contribution in [0.1, 0.15) is 44.5 Å². The summed E-state index contributed by atoms with van der Waals surface area (Å²) in [6.45, 7) is 2.45. The molecule has 0 amide bonds. The molecule has 1 saturated heterocycles. The summed E-state index contributed by atoms with van der Waals surface area (Å²) in [7, 11) is 3.99. The second-order valence-electron chi connectivity index (χ2n) is 9.03. The lowest BCUT2D eigenvalue weighted by atomic mass is 10.0. The summed E-state index contributed by atoms with van der Waals surface area (Å²) >= 11 is 0. The number of aromatic nitrogens is 2. The summed E-state index contributed by atoms with van der Waals surface area (Å²) in [5.74, 6) is -0.783. The molecule has 180 valence electrons. The van der Waals surface area contributed by atoms with Gasteiger partial charge in [0.05, 0.1) is 17.6 Å². The minimum atomic E-state index is -0.464. The van der Waals surface area contributed by atoms with Crippen molar-refractivity contribution in [1.82, 2.24) is 14.7 Å². The Hall–Kier alpha value is -3.10. The van der Waals surface area contributed by atoms with Gasteiger partial charge in [-0.2, -0.15) is 5.10 Å². The first-order valence-electron chi connectivity index (χ1n) is 11.5. The van der Waals surface area contributed by atoms with Crippen molar-refractivity contribution in [2.45, 2.75) is 45.4 Å². The third-order valence-corrected chi connectivity index (χ3v) is 5.77. The summed E-state index contributed by atoms with van der Waals surface area (Å²) in [5, 5.41) is 5.88. The van der Waals surface area contributed by atoms with Crippen LogP contribution in [0, 0.1) is 5.82 Å². The van der Waals surface area contributed by atoms with Gasteiger partial charge in [0, 0.05) is 30.2 Å². The zero-order valence-electron chi connectivity index (χ0n) is 19.8. The fourth-order valence-corrected chi connectivity index (χ4v) is 4.27. The number of nitrogens with zero attached hydrogens (tertiary/aromatic N) is 3. The zero-order chi connectivity index (χ0) is 24.2. The molecule has 0 spiro atoms. The van der Waals surface area contributed by atoms with Crippen molar-refractivity contribution in [2.75, 3.05) is 27.3 Å². The van der Waals surface area contributed by atoms with E-state index in [2.05, 4.69) is 4.90 Å². The average molecular weight is 468 g/mol. The lowest BCUT2D eigenvalue weighted by Gasteiger charge is -2.23. The minimum Gasteiger partial charge on any atom is -0.485 e. The second kappa shape index (κ2) is 10.4. The van der Waals surface area contributed by atoms with E-state index in [1.54, 1.807) is 6.07 Å². The maximum atomic E-state index is 14.0. The molecule has 7 nitrogen and oxygen atoms in total. The highest BCUT2D eigenvalue weighted by Gasteiger charge is 2.22. The first-order chi connectivity index (χ1) is 16.3. The maximum Gasteiger partial charge on any atom is 0.177 e. The van der Waals surface area contributed by atoms with Gasteiger partial charge in [-0.05, 0) is 70.1 Å². The Morgan fingerprint density at radius 1 is 1.21 bits per heavy atom. The molecule has 4 rings (SSSR count). The molecule has 1 aromatic heterocycles. The average Bonchev–Trinajstić information content (AvgIpc) is 3.15. The number of carbonyl (C=O) groups excluding carboxylic acids is 2. The van der Waals surface area contributed by atoms with Crippen LogP contribution in [-0.4, -0.2) is 53.6 Å². The fourth-order valence-electron chi connectivity index (χ4n) is 4.27. The highest BCUT2D eigenvalue weighted by atomic mass is 19.1. The summed E-state index contributed by atoms with van der Waals surface area (Å²) < 4.78 is 27.6. The van der Waals surface area contributed by atoms with Gasteiger partial charge in [-0.25, -0.2) is 9.07 Å². The van der Waals surface area contributed by atoms with Gasteiger partial charge in [0.2, 0.25) is 0 Å². The molecule has 1 atom stereocenters. The highest BCUT2D eigenvalue weighted by molar-refractivity contribution is 5.98. The molecule has 3 aromatic rings. The molecule has 0 radical (unpaired) electrons. The van der Waals surface area contributed by atoms with Crippen molar-refractivity contribution in [1.29, 1.82) is 0 Å². The SMILES string of the molecule is CC(=O)CC(=O)COc1cc(F)ccc1-c1ccc2c(c1)c(CN(C)C)nn2C1CCCCO1. The van der Waals surface area contributed by atoms with Gasteiger partial charge in [0.1, 0.15) is 24.0 Å². The van der Waals surface area contributed by atoms with Gasteiger partial charge in [-0.15, -0.1) is 0 Å². The number of halogens is 1. The molecule has 1 aliphatic rings. The molecule has 1 fully saturated rings. The molecular weight excluding hydrogens is 437 g/mol. The van der Waals surface area contributed by atoms with E-state index in [-0.39, 0.29) is 36.6 Å². The van der Waals surface area contributed by atoms with Crippen molar-refractivity contribution in [3.63, 3.8) is 0 Å². The number of ether oxygens (including phenoxy) is 2. The predicted octanol–water partition coefficient (Wildman–Crippen LogP) is 4.53. The number of ketones is 2. The van der Waals surface area contributed by atoms with Crippen LogP contribution in [0.2, 0.25) is 0 Å². The highest BCUT2D eigenvalue weighted by Crippen LogP contribution is 2.35. The number of carbonyl (C=O) groups is 2. The van der Waals surface area contributed by atoms with E-state index in [9.17, 15) is 14.0 Å². The molecule has 34 heavy (non-hydrogen) atoms. The van der Waals surface area contributed by atoms with E-state index in [0.717, 1.165) is 48.0 Å². The van der Waals surface area contributed by atoms with Crippen LogP contribution in [0.5, 0.6) is 5.75 Å². The fraction of sp³-hybridized carbons (Fsp3) is 0.423. The smallest absolute Gasteiger partial charge is 0.177 e. The summed E-state index contributed by atoms with van der Waals surface area (Å²) in [6.07, 6.45) is 2.80. The first-order valence-corrected chi connectivity index (χ1v) is 11.5. The van der Waals surface area contributed by atoms with Gasteiger partial charge in [-0.1, -0.05) is 6.07 Å². The van der Waals surface area contributed by atoms with Crippen LogP contribution in [0.4, 0.5) is 4.39 Å². The Morgan fingerprint density at radius 2 is 2.03 bits per heavy atom. The van der Waals surface area contributed by atoms with E-state index in [0.29, 0.717) is 12.1 Å². The maximum absolute atomic E-state index is 14.0. The van der Waals surface area contributed by atoms with Crippen LogP contribution >= 0.6 is 0 Å². The zero-order valence-corrected chi connectivity index (χ0v) is 19.8. The number of benzene rings is 2. The molecule has 2 aromatic carbocycles. The van der Waals surface area contributed by atoms with Crippen molar-refractivity contribution >= 4 is 22.5 Å². The molecule has 0 saturated carbocycles. The number of rotatable bonds is 9. The van der Waals surface area contributed by atoms with Crippen molar-refractivity contribution < 1.29 is 23.5 Å². The number of Topliss-reactive ketones (excluding diaryl/α,β-unsaturated/α-hetero) is 2. The Morgan fingerprint density at radius 3 is 2.74 bits per heavy atom. The van der Waals surface area contributed by atoms with Gasteiger partial charge in [0.25, 0.3) is 0 Å². The number of hydrogen-bond acceptors (Lipinski definition) is 6. The molecule has 1 unspecified atom stereocenters. The normalized spacial score (nSPS) is 16.2. The summed E-state index contributed by atoms with van der Waals surface area (Å²) in [6, 6.07) is 10.2. The second-order valence-corrected chi connectivity index (χ2v) is 9.03. The lowest BCUT2D eigenvalue weighted by Crippen LogP contribution is -2.19. The number of hydrogen-bond donors (Lipinski definition) is 0. The van der Waals surface area contributed by atoms with Crippen LogP contribution in [0.25, 0.3) is 22.0 Å². The van der Waals surface area contributed by atoms with E-state index in [1.807, 2.05) is 37.0 Å². The monoisotopic (exact) mass is 467 g/mol. The number of fused-ring (bicyclic) bond motifs is 1. The van der Waals surface area contributed by atoms with Gasteiger partial charge in [-0.3, -0.25) is 9.59 Å². The van der Waals surface area contributed by atoms with Crippen molar-refractivity contribution in [3.8, 4) is 16.9 Å². The first kappa shape index (κ1) is 24.0. The molecule has 2 heterocycles. The van der Waals surface area contributed by atoms with Crippen LogP contribution in [0.15, 0.2) is 36.4 Å². The third kappa shape index (κ3) is 5.51. The largest absolute Gasteiger partial charge is 0.485 e. The molecule has 8 heteroatoms. The molecule has 0 N–H and O–H groups in total. The van der Waals surface area contributed by atoms with Gasteiger partial charge >= 0.3 is 0 Å². The van der Waals surface area contributed by atoms with Crippen LogP contribution in [0.3, 0.4) is 0 Å². The third-order valence-electron chi connectivity index (χ3n) is 5.77. The Balaban J connectivity index is 1.72. The van der Waals surface area contributed by atoms with Crippen molar-refractivity contribution in [2.24, 2.45) is 0 Å². The van der Waals surface area contributed by atoms with E-state index < -0.39 is 5.82 Å². The standard InChI is InChI=1S/C26H30FN3O4/c1-17(31)12-20(32)16-34-25-14-19(27)8-9-21(25)18-7-10-24-22(13-18)23(15-29(2)3)28-30(24)26-6-4-5-11-33-26/h7-10,13-14,26H,4-6,11-12,15-16H2,1-3H3. The van der Waals surface area contributed by atoms with Gasteiger partial charge < -0.3 is 14.4 Å². The molecule has 0 bridgehead atoms. The lowest BCUT2D eigenvalue weighted by molar-refractivity contribution is -0.127. The van der Waals surface area contributed by atoms with Gasteiger partial charge in [0.15, 0.2) is 12.0 Å². The Labute approximate surface area is 198 Å².